The third kappa shape index (κ3) is 9.20. The number of H-pyrrole nitrogens is 1. The Morgan fingerprint density at radius 3 is 2.45 bits per heavy atom. The molecular formula is C33H35Cl2N7O5. The van der Waals surface area contributed by atoms with Crippen LogP contribution in [0.15, 0.2) is 59.5 Å². The Morgan fingerprint density at radius 1 is 0.979 bits per heavy atom. The monoisotopic (exact) mass is 679 g/mol. The Balaban J connectivity index is 1.20. The number of anilines is 2. The normalized spacial score (nSPS) is 16.3. The minimum atomic E-state index is -0.717. The fraction of sp³-hybridized carbons (Fsp3) is 0.333. The number of pyridine rings is 1. The van der Waals surface area contributed by atoms with Gasteiger partial charge in [-0.2, -0.15) is 4.98 Å². The number of alkyl carbamates (subject to hydrolysis) is 1. The molecule has 246 valence electrons. The molecule has 0 spiro atoms. The second-order valence-electron chi connectivity index (χ2n) is 12.3. The lowest BCUT2D eigenvalue weighted by Gasteiger charge is -2.30. The largest absolute Gasteiger partial charge is 0.444 e. The molecule has 2 heterocycles. The summed E-state index contributed by atoms with van der Waals surface area (Å²) in [5.74, 6) is -0.760. The molecule has 1 saturated carbocycles. The highest BCUT2D eigenvalue weighted by molar-refractivity contribution is 6.34. The van der Waals surface area contributed by atoms with Crippen molar-refractivity contribution >= 4 is 63.8 Å². The van der Waals surface area contributed by atoms with Crippen LogP contribution in [0.25, 0.3) is 11.0 Å². The molecule has 2 aromatic heterocycles. The molecule has 4 aromatic rings. The second kappa shape index (κ2) is 14.4. The summed E-state index contributed by atoms with van der Waals surface area (Å²) in [4.78, 5) is 62.4. The Morgan fingerprint density at radius 2 is 1.72 bits per heavy atom. The van der Waals surface area contributed by atoms with Gasteiger partial charge in [-0.3, -0.25) is 14.4 Å². The molecular weight excluding hydrogens is 645 g/mol. The van der Waals surface area contributed by atoms with E-state index in [-0.39, 0.29) is 52.0 Å². The number of hydrogen-bond acceptors (Lipinski definition) is 8. The zero-order valence-corrected chi connectivity index (χ0v) is 27.6. The number of benzene rings is 2. The average Bonchev–Trinajstić information content (AvgIpc) is 3.00. The number of aromatic amines is 1. The molecule has 1 fully saturated rings. The first-order valence-corrected chi connectivity index (χ1v) is 15.9. The third-order valence-electron chi connectivity index (χ3n) is 7.44. The van der Waals surface area contributed by atoms with E-state index in [0.29, 0.717) is 16.4 Å². The summed E-state index contributed by atoms with van der Waals surface area (Å²) in [6.45, 7) is 5.73. The van der Waals surface area contributed by atoms with Crippen molar-refractivity contribution in [2.24, 2.45) is 0 Å². The van der Waals surface area contributed by atoms with Crippen LogP contribution < -0.4 is 26.8 Å². The standard InChI is InChI=1S/C33H35Cl2N7O5/c1-33(2,3)47-32(46)39-23-10-8-22(9-11-23)38-31-37-17-20-14-24(30(45)41-27(20)42-31)29(44)40-26-15-19(7-12-25(26)35)28(43)36-16-18-5-4-6-21(34)13-18/h4-7,12-15,17,22-23H,8-11,16H2,1-3H3,(H,36,43)(H,39,46)(H,40,44)(H2,37,38,41,42,45). The van der Waals surface area contributed by atoms with Gasteiger partial charge in [0.1, 0.15) is 16.8 Å². The van der Waals surface area contributed by atoms with Crippen molar-refractivity contribution in [1.82, 2.24) is 25.6 Å². The van der Waals surface area contributed by atoms with Gasteiger partial charge >= 0.3 is 6.09 Å². The summed E-state index contributed by atoms with van der Waals surface area (Å²) >= 11 is 12.3. The highest BCUT2D eigenvalue weighted by atomic mass is 35.5. The van der Waals surface area contributed by atoms with Crippen molar-refractivity contribution in [3.8, 4) is 0 Å². The lowest BCUT2D eigenvalue weighted by molar-refractivity contribution is 0.0491. The van der Waals surface area contributed by atoms with E-state index in [0.717, 1.165) is 31.2 Å². The molecule has 0 atom stereocenters. The molecule has 5 N–H and O–H groups in total. The quantitative estimate of drug-likeness (QED) is 0.150. The van der Waals surface area contributed by atoms with Gasteiger partial charge in [-0.1, -0.05) is 35.3 Å². The van der Waals surface area contributed by atoms with Crippen molar-refractivity contribution in [2.75, 3.05) is 10.6 Å². The maximum Gasteiger partial charge on any atom is 0.407 e. The van der Waals surface area contributed by atoms with Crippen molar-refractivity contribution in [3.05, 3.63) is 91.8 Å². The van der Waals surface area contributed by atoms with Crippen LogP contribution in [0.2, 0.25) is 10.0 Å². The fourth-order valence-electron chi connectivity index (χ4n) is 5.15. The van der Waals surface area contributed by atoms with E-state index in [2.05, 4.69) is 36.2 Å². The number of carbonyl (C=O) groups excluding carboxylic acids is 3. The summed E-state index contributed by atoms with van der Waals surface area (Å²) in [7, 11) is 0. The van der Waals surface area contributed by atoms with Crippen LogP contribution in [-0.4, -0.2) is 50.5 Å². The Hall–Kier alpha value is -4.68. The average molecular weight is 681 g/mol. The molecule has 14 heteroatoms. The second-order valence-corrected chi connectivity index (χ2v) is 13.2. The first kappa shape index (κ1) is 33.7. The molecule has 3 amide bonds. The Labute approximate surface area is 281 Å². The van der Waals surface area contributed by atoms with E-state index in [1.807, 2.05) is 26.8 Å². The molecule has 5 rings (SSSR count). The van der Waals surface area contributed by atoms with Crippen LogP contribution in [0.5, 0.6) is 0 Å². The van der Waals surface area contributed by atoms with Crippen LogP contribution >= 0.6 is 23.2 Å². The zero-order valence-electron chi connectivity index (χ0n) is 26.1. The molecule has 1 aliphatic carbocycles. The summed E-state index contributed by atoms with van der Waals surface area (Å²) in [6, 6.07) is 13.1. The summed E-state index contributed by atoms with van der Waals surface area (Å²) < 4.78 is 5.35. The maximum atomic E-state index is 13.2. The van der Waals surface area contributed by atoms with Crippen LogP contribution in [0.3, 0.4) is 0 Å². The number of rotatable bonds is 8. The van der Waals surface area contributed by atoms with Crippen molar-refractivity contribution < 1.29 is 19.1 Å². The molecule has 0 aliphatic heterocycles. The van der Waals surface area contributed by atoms with Crippen LogP contribution in [0, 0.1) is 0 Å². The van der Waals surface area contributed by atoms with Crippen molar-refractivity contribution in [2.45, 2.75) is 70.7 Å². The van der Waals surface area contributed by atoms with Gasteiger partial charge in [0.2, 0.25) is 5.95 Å². The van der Waals surface area contributed by atoms with E-state index in [9.17, 15) is 19.2 Å². The first-order chi connectivity index (χ1) is 22.3. The smallest absolute Gasteiger partial charge is 0.407 e. The number of fused-ring (bicyclic) bond motifs is 1. The highest BCUT2D eigenvalue weighted by Gasteiger charge is 2.25. The molecule has 47 heavy (non-hydrogen) atoms. The van der Waals surface area contributed by atoms with Crippen LogP contribution in [-0.2, 0) is 11.3 Å². The number of nitrogens with one attached hydrogen (secondary N) is 5. The van der Waals surface area contributed by atoms with Gasteiger partial charge < -0.3 is 31.0 Å². The van der Waals surface area contributed by atoms with Gasteiger partial charge in [-0.05, 0) is 88.4 Å². The molecule has 1 aliphatic rings. The van der Waals surface area contributed by atoms with E-state index in [1.165, 1.54) is 30.5 Å². The molecule has 0 unspecified atom stereocenters. The van der Waals surface area contributed by atoms with Crippen LogP contribution in [0.1, 0.15) is 72.7 Å². The third-order valence-corrected chi connectivity index (χ3v) is 8.00. The molecule has 2 aromatic carbocycles. The highest BCUT2D eigenvalue weighted by Crippen LogP contribution is 2.25. The number of amides is 3. The van der Waals surface area contributed by atoms with Crippen molar-refractivity contribution in [3.63, 3.8) is 0 Å². The summed E-state index contributed by atoms with van der Waals surface area (Å²) in [5, 5.41) is 12.8. The van der Waals surface area contributed by atoms with Gasteiger partial charge in [0.15, 0.2) is 0 Å². The van der Waals surface area contributed by atoms with E-state index < -0.39 is 23.2 Å². The predicted octanol–water partition coefficient (Wildman–Crippen LogP) is 6.06. The topological polar surface area (TPSA) is 167 Å². The number of halogens is 2. The molecule has 0 bridgehead atoms. The number of aromatic nitrogens is 3. The van der Waals surface area contributed by atoms with Crippen molar-refractivity contribution in [1.29, 1.82) is 0 Å². The lowest BCUT2D eigenvalue weighted by atomic mass is 9.91. The number of carbonyl (C=O) groups is 3. The first-order valence-electron chi connectivity index (χ1n) is 15.1. The minimum absolute atomic E-state index is 0.0237. The van der Waals surface area contributed by atoms with Crippen LogP contribution in [0.4, 0.5) is 16.4 Å². The fourth-order valence-corrected chi connectivity index (χ4v) is 5.53. The Kier molecular flexibility index (Phi) is 10.3. The number of nitrogens with zero attached hydrogens (tertiary/aromatic N) is 2. The summed E-state index contributed by atoms with van der Waals surface area (Å²) in [5.41, 5.74) is 0.136. The summed E-state index contributed by atoms with van der Waals surface area (Å²) in [6.07, 6.45) is 4.19. The number of ether oxygens (including phenoxy) is 1. The maximum absolute atomic E-state index is 13.2. The van der Waals surface area contributed by atoms with E-state index in [4.69, 9.17) is 27.9 Å². The molecule has 12 nitrogen and oxygen atoms in total. The van der Waals surface area contributed by atoms with Gasteiger partial charge in [0, 0.05) is 40.8 Å². The van der Waals surface area contributed by atoms with Gasteiger partial charge in [-0.25, -0.2) is 9.78 Å². The SMILES string of the molecule is CC(C)(C)OC(=O)NC1CCC(Nc2ncc3cc(C(=O)Nc4cc(C(=O)NCc5cccc(Cl)c5)ccc4Cl)c(=O)[nH]c3n2)CC1. The zero-order chi connectivity index (χ0) is 33.7. The van der Waals surface area contributed by atoms with E-state index >= 15 is 0 Å². The van der Waals surface area contributed by atoms with Gasteiger partial charge in [-0.15, -0.1) is 0 Å². The Bertz CT molecular complexity index is 1870. The molecule has 0 saturated heterocycles. The molecule has 0 radical (unpaired) electrons. The minimum Gasteiger partial charge on any atom is -0.444 e. The van der Waals surface area contributed by atoms with E-state index in [1.54, 1.807) is 18.2 Å². The number of hydrogen-bond donors (Lipinski definition) is 5. The predicted molar refractivity (Wildman–Crippen MR) is 181 cm³/mol. The van der Waals surface area contributed by atoms with Gasteiger partial charge in [0.05, 0.1) is 10.7 Å². The lowest BCUT2D eigenvalue weighted by Crippen LogP contribution is -2.42. The van der Waals surface area contributed by atoms with Gasteiger partial charge in [0.25, 0.3) is 17.4 Å².